The van der Waals surface area contributed by atoms with Crippen LogP contribution in [0.2, 0.25) is 10.0 Å². The Bertz CT molecular complexity index is 964. The third-order valence-electron chi connectivity index (χ3n) is 6.04. The highest BCUT2D eigenvalue weighted by molar-refractivity contribution is 6.32. The Balaban J connectivity index is 1.58. The predicted octanol–water partition coefficient (Wildman–Crippen LogP) is 6.21. The summed E-state index contributed by atoms with van der Waals surface area (Å²) in [5, 5.41) is 1.11. The number of anilines is 2. The lowest BCUT2D eigenvalue weighted by Crippen LogP contribution is -2.48. The first-order valence-corrected chi connectivity index (χ1v) is 11.7. The number of methoxy groups -OCH3 is 2. The number of hydrogen-bond donors (Lipinski definition) is 0. The minimum absolute atomic E-state index is 0.475. The summed E-state index contributed by atoms with van der Waals surface area (Å²) in [6.45, 7) is 1.71. The lowest BCUT2D eigenvalue weighted by Gasteiger charge is -2.37. The molecule has 2 aromatic rings. The maximum absolute atomic E-state index is 6.43. The van der Waals surface area contributed by atoms with Crippen LogP contribution >= 0.6 is 23.2 Å². The van der Waals surface area contributed by atoms with Gasteiger partial charge >= 0.3 is 0 Å². The Kier molecular flexibility index (Phi) is 7.53. The van der Waals surface area contributed by atoms with E-state index in [0.717, 1.165) is 11.4 Å². The summed E-state index contributed by atoms with van der Waals surface area (Å²) in [5.74, 6) is 1.87. The monoisotopic (exact) mass is 477 g/mol. The molecule has 32 heavy (non-hydrogen) atoms. The minimum atomic E-state index is 0.475. The molecule has 6 nitrogen and oxygen atoms in total. The number of benzene rings is 2. The number of rotatable bonds is 6. The number of aliphatic imine (C=N–C) groups is 1. The molecule has 172 valence electrons. The highest BCUT2D eigenvalue weighted by Gasteiger charge is 2.26. The van der Waals surface area contributed by atoms with E-state index in [-0.39, 0.29) is 0 Å². The Labute approximate surface area is 199 Å². The van der Waals surface area contributed by atoms with Crippen molar-refractivity contribution in [1.29, 1.82) is 0 Å². The minimum Gasteiger partial charge on any atom is -0.495 e. The fourth-order valence-corrected chi connectivity index (χ4v) is 4.71. The van der Waals surface area contributed by atoms with Crippen LogP contribution in [0.4, 0.5) is 11.4 Å². The highest BCUT2D eigenvalue weighted by Crippen LogP contribution is 2.33. The van der Waals surface area contributed by atoms with Gasteiger partial charge in [0.2, 0.25) is 0 Å². The number of nitrogens with zero attached hydrogens (tertiary/aromatic N) is 3. The summed E-state index contributed by atoms with van der Waals surface area (Å²) >= 11 is 12.8. The zero-order valence-corrected chi connectivity index (χ0v) is 20.0. The lowest BCUT2D eigenvalue weighted by molar-refractivity contribution is 0.193. The van der Waals surface area contributed by atoms with Crippen molar-refractivity contribution in [3.63, 3.8) is 0 Å². The van der Waals surface area contributed by atoms with Gasteiger partial charge in [0.05, 0.1) is 30.9 Å². The molecule has 0 amide bonds. The molecule has 0 aromatic heterocycles. The van der Waals surface area contributed by atoms with Crippen LogP contribution in [0.1, 0.15) is 32.1 Å². The Morgan fingerprint density at radius 3 is 2.16 bits per heavy atom. The normalized spacial score (nSPS) is 17.2. The number of ether oxygens (including phenoxy) is 3. The summed E-state index contributed by atoms with van der Waals surface area (Å²) < 4.78 is 16.9. The van der Waals surface area contributed by atoms with Crippen LogP contribution in [-0.2, 0) is 4.74 Å². The van der Waals surface area contributed by atoms with Crippen molar-refractivity contribution in [2.45, 2.75) is 32.1 Å². The molecule has 2 aliphatic rings. The first kappa shape index (κ1) is 22.9. The van der Waals surface area contributed by atoms with Crippen LogP contribution in [0.3, 0.4) is 0 Å². The summed E-state index contributed by atoms with van der Waals surface area (Å²) in [7, 11) is 3.22. The number of halogens is 2. The molecule has 0 N–H and O–H groups in total. The maximum atomic E-state index is 6.43. The van der Waals surface area contributed by atoms with Gasteiger partial charge in [0.15, 0.2) is 0 Å². The molecule has 8 heteroatoms. The van der Waals surface area contributed by atoms with E-state index in [9.17, 15) is 0 Å². The van der Waals surface area contributed by atoms with Gasteiger partial charge in [0.25, 0.3) is 6.02 Å². The van der Waals surface area contributed by atoms with Gasteiger partial charge in [-0.15, -0.1) is 0 Å². The van der Waals surface area contributed by atoms with Crippen molar-refractivity contribution in [3.05, 3.63) is 46.4 Å². The molecule has 1 fully saturated rings. The molecule has 2 aromatic carbocycles. The number of amidine groups is 1. The van der Waals surface area contributed by atoms with Crippen LogP contribution in [-0.4, -0.2) is 40.2 Å². The van der Waals surface area contributed by atoms with Gasteiger partial charge in [0.1, 0.15) is 24.8 Å². The second-order valence-electron chi connectivity index (χ2n) is 8.14. The molecule has 0 saturated heterocycles. The molecule has 1 saturated carbocycles. The van der Waals surface area contributed by atoms with E-state index in [1.807, 2.05) is 41.3 Å². The molecule has 0 radical (unpaired) electrons. The van der Waals surface area contributed by atoms with Gasteiger partial charge in [-0.05, 0) is 55.2 Å². The number of hydrogen-bond acceptors (Lipinski definition) is 6. The van der Waals surface area contributed by atoms with Crippen LogP contribution in [0.5, 0.6) is 11.5 Å². The van der Waals surface area contributed by atoms with Gasteiger partial charge in [0, 0.05) is 11.4 Å². The molecular weight excluding hydrogens is 449 g/mol. The van der Waals surface area contributed by atoms with E-state index in [2.05, 4.69) is 4.90 Å². The third-order valence-corrected chi connectivity index (χ3v) is 6.63. The quantitative estimate of drug-likeness (QED) is 0.495. The van der Waals surface area contributed by atoms with Gasteiger partial charge in [-0.25, -0.2) is 4.99 Å². The van der Waals surface area contributed by atoms with Crippen molar-refractivity contribution >= 4 is 40.6 Å². The molecule has 4 rings (SSSR count). The second kappa shape index (κ2) is 10.5. The molecule has 0 spiro atoms. The topological polar surface area (TPSA) is 46.5 Å². The van der Waals surface area contributed by atoms with E-state index < -0.39 is 0 Å². The molecule has 1 aliphatic heterocycles. The summed E-state index contributed by atoms with van der Waals surface area (Å²) in [6, 6.07) is 12.1. The summed E-state index contributed by atoms with van der Waals surface area (Å²) in [6.07, 6.45) is 6.33. The van der Waals surface area contributed by atoms with Gasteiger partial charge < -0.3 is 19.1 Å². The first-order chi connectivity index (χ1) is 15.6. The second-order valence-corrected chi connectivity index (χ2v) is 8.96. The van der Waals surface area contributed by atoms with Crippen molar-refractivity contribution in [2.75, 3.05) is 44.0 Å². The summed E-state index contributed by atoms with van der Waals surface area (Å²) in [4.78, 5) is 8.93. The van der Waals surface area contributed by atoms with Crippen LogP contribution in [0.25, 0.3) is 0 Å². The predicted molar refractivity (Wildman–Crippen MR) is 131 cm³/mol. The van der Waals surface area contributed by atoms with Crippen LogP contribution in [0, 0.1) is 5.92 Å². The fraction of sp³-hybridized carbons (Fsp3) is 0.458. The molecule has 0 atom stereocenters. The third kappa shape index (κ3) is 5.18. The van der Waals surface area contributed by atoms with E-state index in [1.54, 1.807) is 14.2 Å². The zero-order valence-electron chi connectivity index (χ0n) is 18.5. The fourth-order valence-electron chi connectivity index (χ4n) is 4.21. The Morgan fingerprint density at radius 1 is 0.906 bits per heavy atom. The zero-order chi connectivity index (χ0) is 22.5. The van der Waals surface area contributed by atoms with Crippen molar-refractivity contribution in [3.8, 4) is 11.5 Å². The van der Waals surface area contributed by atoms with E-state index >= 15 is 0 Å². The van der Waals surface area contributed by atoms with Gasteiger partial charge in [-0.3, -0.25) is 4.90 Å². The summed E-state index contributed by atoms with van der Waals surface area (Å²) in [5.41, 5.74) is 1.85. The van der Waals surface area contributed by atoms with E-state index in [4.69, 9.17) is 42.4 Å². The van der Waals surface area contributed by atoms with Crippen LogP contribution < -0.4 is 19.3 Å². The largest absolute Gasteiger partial charge is 0.495 e. The van der Waals surface area contributed by atoms with E-state index in [0.29, 0.717) is 53.4 Å². The average Bonchev–Trinajstić information content (AvgIpc) is 2.83. The van der Waals surface area contributed by atoms with Crippen molar-refractivity contribution in [1.82, 2.24) is 0 Å². The van der Waals surface area contributed by atoms with Gasteiger partial charge in [-0.1, -0.05) is 42.5 Å². The standard InChI is InChI=1S/C24H29Cl2N3O3/c1-30-22-10-8-18(12-20(22)25)28-15-27-24(32-14-17-6-4-3-5-7-17)29(16-28)19-9-11-23(31-2)21(26)13-19/h8-13,17H,3-7,14-16H2,1-2H3. The average molecular weight is 478 g/mol. The molecule has 1 heterocycles. The van der Waals surface area contributed by atoms with Crippen LogP contribution in [0.15, 0.2) is 41.4 Å². The molecule has 1 aliphatic carbocycles. The Hall–Kier alpha value is -2.31. The first-order valence-electron chi connectivity index (χ1n) is 11.0. The molecule has 0 unspecified atom stereocenters. The molecular formula is C24H29Cl2N3O3. The maximum Gasteiger partial charge on any atom is 0.295 e. The lowest BCUT2D eigenvalue weighted by atomic mass is 9.90. The van der Waals surface area contributed by atoms with E-state index in [1.165, 1.54) is 32.1 Å². The van der Waals surface area contributed by atoms with Crippen molar-refractivity contribution in [2.24, 2.45) is 10.9 Å². The highest BCUT2D eigenvalue weighted by atomic mass is 35.5. The smallest absolute Gasteiger partial charge is 0.295 e. The molecule has 0 bridgehead atoms. The SMILES string of the molecule is COc1ccc(N2CN=C(OCC3CCCCC3)N(c3ccc(OC)c(Cl)c3)C2)cc1Cl. The van der Waals surface area contributed by atoms with Crippen molar-refractivity contribution < 1.29 is 14.2 Å². The Morgan fingerprint density at radius 2 is 1.53 bits per heavy atom. The van der Waals surface area contributed by atoms with Gasteiger partial charge in [-0.2, -0.15) is 0 Å².